The largest absolute Gasteiger partial charge is 0.547 e. The summed E-state index contributed by atoms with van der Waals surface area (Å²) >= 11 is 0. The first-order valence-corrected chi connectivity index (χ1v) is 9.19. The van der Waals surface area contributed by atoms with Gasteiger partial charge in [-0.3, -0.25) is 9.59 Å². The number of esters is 2. The van der Waals surface area contributed by atoms with Crippen LogP contribution >= 0.6 is 0 Å². The molecule has 158 valence electrons. The fraction of sp³-hybridized carbons (Fsp3) is 0.368. The fourth-order valence-corrected chi connectivity index (χ4v) is 2.71. The van der Waals surface area contributed by atoms with Crippen LogP contribution in [0.25, 0.3) is 0 Å². The smallest absolute Gasteiger partial charge is 0.534 e. The Kier molecular flexibility index (Phi) is 6.11. The van der Waals surface area contributed by atoms with Gasteiger partial charge in [0.25, 0.3) is 5.91 Å². The van der Waals surface area contributed by atoms with Crippen molar-refractivity contribution in [1.82, 2.24) is 10.5 Å². The van der Waals surface area contributed by atoms with Crippen LogP contribution in [0.1, 0.15) is 47.2 Å². The molecule has 0 saturated carbocycles. The molecular weight excluding hydrogens is 395 g/mol. The summed E-state index contributed by atoms with van der Waals surface area (Å²) in [6.07, 6.45) is 1.53. The fourth-order valence-electron chi connectivity index (χ4n) is 2.71. The zero-order chi connectivity index (χ0) is 21.9. The second-order valence-corrected chi connectivity index (χ2v) is 7.69. The Morgan fingerprint density at radius 1 is 1.27 bits per heavy atom. The molecule has 30 heavy (non-hydrogen) atoms. The van der Waals surface area contributed by atoms with Crippen molar-refractivity contribution in [3.63, 3.8) is 0 Å². The molecule has 0 radical (unpaired) electrons. The van der Waals surface area contributed by atoms with E-state index in [1.807, 2.05) is 0 Å². The van der Waals surface area contributed by atoms with Gasteiger partial charge in [0.15, 0.2) is 0 Å². The molecule has 0 fully saturated rings. The van der Waals surface area contributed by atoms with E-state index >= 15 is 0 Å². The van der Waals surface area contributed by atoms with Crippen LogP contribution in [-0.2, 0) is 20.7 Å². The number of aromatic nitrogens is 1. The number of ether oxygens (including phenoxy) is 2. The maximum Gasteiger partial charge on any atom is 0.547 e. The molecular formula is C19H21BN2O8. The number of benzene rings is 1. The quantitative estimate of drug-likeness (QED) is 0.417. The third kappa shape index (κ3) is 4.80. The van der Waals surface area contributed by atoms with Crippen LogP contribution in [0.15, 0.2) is 35.0 Å². The van der Waals surface area contributed by atoms with Crippen molar-refractivity contribution in [3.05, 3.63) is 47.3 Å². The second-order valence-electron chi connectivity index (χ2n) is 7.69. The van der Waals surface area contributed by atoms with Gasteiger partial charge in [-0.2, -0.15) is 0 Å². The van der Waals surface area contributed by atoms with Gasteiger partial charge in [-0.25, -0.2) is 4.79 Å². The van der Waals surface area contributed by atoms with E-state index in [0.717, 1.165) is 0 Å². The molecule has 2 N–H and O–H groups in total. The zero-order valence-corrected chi connectivity index (χ0v) is 16.7. The van der Waals surface area contributed by atoms with Crippen LogP contribution < -0.4 is 9.97 Å². The number of hydrogen-bond acceptors (Lipinski definition) is 9. The van der Waals surface area contributed by atoms with Crippen molar-refractivity contribution >= 4 is 25.0 Å². The van der Waals surface area contributed by atoms with Gasteiger partial charge in [-0.15, -0.1) is 0 Å². The van der Waals surface area contributed by atoms with Crippen LogP contribution in [0, 0.1) is 5.41 Å². The van der Waals surface area contributed by atoms with Crippen LogP contribution in [0.4, 0.5) is 0 Å². The van der Waals surface area contributed by atoms with E-state index in [2.05, 4.69) is 10.5 Å². The van der Waals surface area contributed by atoms with Crippen molar-refractivity contribution in [3.8, 4) is 5.75 Å². The molecule has 1 aromatic heterocycles. The van der Waals surface area contributed by atoms with E-state index in [9.17, 15) is 19.4 Å². The van der Waals surface area contributed by atoms with Crippen molar-refractivity contribution < 1.29 is 38.1 Å². The van der Waals surface area contributed by atoms with Crippen LogP contribution in [0.2, 0.25) is 0 Å². The predicted octanol–water partition coefficient (Wildman–Crippen LogP) is 1.13. The zero-order valence-electron chi connectivity index (χ0n) is 16.7. The molecule has 0 unspecified atom stereocenters. The van der Waals surface area contributed by atoms with Crippen molar-refractivity contribution in [2.24, 2.45) is 5.41 Å². The first kappa shape index (κ1) is 21.4. The summed E-state index contributed by atoms with van der Waals surface area (Å²) in [6, 6.07) is 6.17. The van der Waals surface area contributed by atoms with Crippen LogP contribution in [-0.4, -0.2) is 47.9 Å². The van der Waals surface area contributed by atoms with Gasteiger partial charge in [-0.05, 0) is 38.8 Å². The summed E-state index contributed by atoms with van der Waals surface area (Å²) in [5, 5.41) is 16.4. The minimum atomic E-state index is -1.41. The first-order valence-electron chi connectivity index (χ1n) is 9.19. The van der Waals surface area contributed by atoms with E-state index in [0.29, 0.717) is 5.56 Å². The van der Waals surface area contributed by atoms with Gasteiger partial charge in [-0.1, -0.05) is 17.3 Å². The Morgan fingerprint density at radius 3 is 2.70 bits per heavy atom. The number of hydrogen-bond donors (Lipinski definition) is 2. The Bertz CT molecular complexity index is 939. The Balaban J connectivity index is 1.66. The SMILES string of the molecule is CC(C)(C)C(=O)OCOC(=O)c1cccc2c1OB(O)[C@@H](NC(=O)c1ccno1)C2. The summed E-state index contributed by atoms with van der Waals surface area (Å²) in [5.74, 6) is -2.47. The number of nitrogens with zero attached hydrogens (tertiary/aromatic N) is 1. The number of para-hydroxylation sites is 1. The normalized spacial score (nSPS) is 15.6. The molecule has 0 saturated heterocycles. The molecule has 1 amide bonds. The van der Waals surface area contributed by atoms with Crippen LogP contribution in [0.3, 0.4) is 0 Å². The van der Waals surface area contributed by atoms with E-state index in [1.165, 1.54) is 18.3 Å². The summed E-state index contributed by atoms with van der Waals surface area (Å²) < 4.78 is 20.2. The predicted molar refractivity (Wildman–Crippen MR) is 102 cm³/mol. The molecule has 1 aromatic carbocycles. The van der Waals surface area contributed by atoms with Gasteiger partial charge in [0.05, 0.1) is 17.6 Å². The Labute approximate surface area is 172 Å². The van der Waals surface area contributed by atoms with E-state index in [-0.39, 0.29) is 23.5 Å². The van der Waals surface area contributed by atoms with Gasteiger partial charge in [0.1, 0.15) is 11.3 Å². The summed E-state index contributed by atoms with van der Waals surface area (Å²) in [4.78, 5) is 36.3. The topological polar surface area (TPSA) is 137 Å². The molecule has 0 aliphatic carbocycles. The standard InChI is InChI=1S/C19H21BN2O8/c1-19(2,3)18(25)28-10-27-17(24)12-6-4-5-11-9-14(20(26)29-15(11)12)22-16(23)13-7-8-21-30-13/h4-8,14,26H,9-10H2,1-3H3,(H,22,23)/t14-/m0/s1. The Hall–Kier alpha value is -3.34. The van der Waals surface area contributed by atoms with Crippen molar-refractivity contribution in [2.75, 3.05) is 6.79 Å². The van der Waals surface area contributed by atoms with Gasteiger partial charge in [0.2, 0.25) is 12.6 Å². The highest BCUT2D eigenvalue weighted by atomic mass is 16.7. The molecule has 11 heteroatoms. The van der Waals surface area contributed by atoms with E-state index in [1.54, 1.807) is 32.9 Å². The van der Waals surface area contributed by atoms with Gasteiger partial charge in [0, 0.05) is 6.07 Å². The second kappa shape index (κ2) is 8.58. The number of nitrogens with one attached hydrogen (secondary N) is 1. The molecule has 2 aromatic rings. The number of amides is 1. The average Bonchev–Trinajstić information content (AvgIpc) is 3.22. The lowest BCUT2D eigenvalue weighted by molar-refractivity contribution is -0.161. The first-order chi connectivity index (χ1) is 14.2. The van der Waals surface area contributed by atoms with E-state index < -0.39 is 43.1 Å². The summed E-state index contributed by atoms with van der Waals surface area (Å²) in [7, 11) is -1.41. The average molecular weight is 416 g/mol. The summed E-state index contributed by atoms with van der Waals surface area (Å²) in [6.45, 7) is 4.49. The highest BCUT2D eigenvalue weighted by molar-refractivity contribution is 6.47. The molecule has 10 nitrogen and oxygen atoms in total. The van der Waals surface area contributed by atoms with Crippen molar-refractivity contribution in [2.45, 2.75) is 33.1 Å². The molecule has 0 spiro atoms. The third-order valence-electron chi connectivity index (χ3n) is 4.31. The molecule has 0 bridgehead atoms. The lowest BCUT2D eigenvalue weighted by Gasteiger charge is -2.28. The molecule has 1 aliphatic rings. The number of carbonyl (C=O) groups excluding carboxylic acids is 3. The molecule has 2 heterocycles. The lowest BCUT2D eigenvalue weighted by atomic mass is 9.72. The molecule has 1 aliphatic heterocycles. The van der Waals surface area contributed by atoms with E-state index in [4.69, 9.17) is 18.7 Å². The van der Waals surface area contributed by atoms with Gasteiger partial charge >= 0.3 is 19.1 Å². The molecule has 1 atom stereocenters. The maximum absolute atomic E-state index is 12.4. The number of rotatable bonds is 5. The molecule has 3 rings (SSSR count). The minimum Gasteiger partial charge on any atom is -0.534 e. The van der Waals surface area contributed by atoms with Crippen LogP contribution in [0.5, 0.6) is 5.75 Å². The third-order valence-corrected chi connectivity index (χ3v) is 4.31. The monoisotopic (exact) mass is 416 g/mol. The number of carbonyl (C=O) groups is 3. The highest BCUT2D eigenvalue weighted by Crippen LogP contribution is 2.30. The Morgan fingerprint density at radius 2 is 2.03 bits per heavy atom. The minimum absolute atomic E-state index is 0.00451. The summed E-state index contributed by atoms with van der Waals surface area (Å²) in [5.41, 5.74) is -0.0702. The maximum atomic E-state index is 12.4. The van der Waals surface area contributed by atoms with Gasteiger partial charge < -0.3 is 29.0 Å². The van der Waals surface area contributed by atoms with Crippen molar-refractivity contribution in [1.29, 1.82) is 0 Å². The number of fused-ring (bicyclic) bond motifs is 1. The highest BCUT2D eigenvalue weighted by Gasteiger charge is 2.38. The lowest BCUT2D eigenvalue weighted by Crippen LogP contribution is -2.53.